The maximum Gasteiger partial charge on any atom is 0.471 e. The number of nitrogens with one attached hydrogen (secondary N) is 1. The van der Waals surface area contributed by atoms with Crippen LogP contribution in [-0.4, -0.2) is 30.9 Å². The zero-order chi connectivity index (χ0) is 26.2. The van der Waals surface area contributed by atoms with Gasteiger partial charge < -0.3 is 16.0 Å². The number of amides is 3. The van der Waals surface area contributed by atoms with Crippen LogP contribution in [0.3, 0.4) is 0 Å². The highest BCUT2D eigenvalue weighted by Crippen LogP contribution is 2.42. The molecule has 1 heterocycles. The minimum Gasteiger partial charge on any atom is -0.399 e. The van der Waals surface area contributed by atoms with E-state index < -0.39 is 23.9 Å². The number of alkyl halides is 3. The van der Waals surface area contributed by atoms with Gasteiger partial charge in [-0.2, -0.15) is 13.2 Å². The van der Waals surface area contributed by atoms with Crippen molar-refractivity contribution in [2.24, 2.45) is 0 Å². The van der Waals surface area contributed by atoms with Crippen LogP contribution in [-0.2, 0) is 14.4 Å². The number of anilines is 4. The number of benzene rings is 3. The molecule has 0 fully saturated rings. The van der Waals surface area contributed by atoms with E-state index in [9.17, 15) is 27.6 Å². The largest absolute Gasteiger partial charge is 0.471 e. The third-order valence-corrected chi connectivity index (χ3v) is 5.65. The van der Waals surface area contributed by atoms with E-state index in [0.29, 0.717) is 38.8 Å². The zero-order valence-corrected chi connectivity index (χ0v) is 19.3. The minimum atomic E-state index is -5.00. The Kier molecular flexibility index (Phi) is 6.28. The van der Waals surface area contributed by atoms with E-state index in [2.05, 4.69) is 5.32 Å². The molecule has 0 aliphatic carbocycles. The van der Waals surface area contributed by atoms with Gasteiger partial charge in [-0.05, 0) is 48.0 Å². The van der Waals surface area contributed by atoms with Crippen molar-refractivity contribution in [1.29, 1.82) is 0 Å². The molecule has 0 aromatic heterocycles. The Bertz CT molecular complexity index is 1380. The molecule has 0 bridgehead atoms. The lowest BCUT2D eigenvalue weighted by atomic mass is 10.00. The third kappa shape index (κ3) is 4.52. The number of rotatable bonds is 4. The van der Waals surface area contributed by atoms with Crippen LogP contribution in [0.5, 0.6) is 0 Å². The van der Waals surface area contributed by atoms with Gasteiger partial charge in [0, 0.05) is 36.6 Å². The van der Waals surface area contributed by atoms with E-state index in [-0.39, 0.29) is 11.3 Å². The summed E-state index contributed by atoms with van der Waals surface area (Å²) in [5.41, 5.74) is 8.91. The second-order valence-electron chi connectivity index (χ2n) is 8.09. The molecule has 0 saturated carbocycles. The summed E-state index contributed by atoms with van der Waals surface area (Å²) in [5, 5.41) is 3.17. The average molecular weight is 494 g/mol. The van der Waals surface area contributed by atoms with Crippen LogP contribution < -0.4 is 20.9 Å². The number of halogens is 3. The number of fused-ring (bicyclic) bond motifs is 1. The molecule has 0 unspecified atom stereocenters. The molecule has 3 aromatic rings. The minimum absolute atomic E-state index is 0.0392. The van der Waals surface area contributed by atoms with Gasteiger partial charge in [0.1, 0.15) is 0 Å². The fourth-order valence-corrected chi connectivity index (χ4v) is 3.94. The smallest absolute Gasteiger partial charge is 0.399 e. The standard InChI is InChI=1S/C26H21F3N4O3/c1-15(34)33-21-14-17(30)8-13-20(21)22(24(33)35)23(16-6-4-3-5-7-16)31-18-9-11-19(12-10-18)32(2)25(36)26(27,28)29/h3-14,31H,30H2,1-2H3/b23-22-. The van der Waals surface area contributed by atoms with Crippen molar-refractivity contribution in [2.45, 2.75) is 13.1 Å². The van der Waals surface area contributed by atoms with Crippen molar-refractivity contribution < 1.29 is 27.6 Å². The molecule has 1 aliphatic heterocycles. The summed E-state index contributed by atoms with van der Waals surface area (Å²) in [4.78, 5) is 38.9. The van der Waals surface area contributed by atoms with Gasteiger partial charge >= 0.3 is 12.1 Å². The second-order valence-corrected chi connectivity index (χ2v) is 8.09. The lowest BCUT2D eigenvalue weighted by Crippen LogP contribution is -2.38. The van der Waals surface area contributed by atoms with Crippen molar-refractivity contribution in [3.05, 3.63) is 83.9 Å². The molecular formula is C26H21F3N4O3. The zero-order valence-electron chi connectivity index (χ0n) is 19.3. The summed E-state index contributed by atoms with van der Waals surface area (Å²) in [6.07, 6.45) is -5.00. The summed E-state index contributed by atoms with van der Waals surface area (Å²) in [6, 6.07) is 19.4. The summed E-state index contributed by atoms with van der Waals surface area (Å²) in [6.45, 7) is 1.28. The van der Waals surface area contributed by atoms with Gasteiger partial charge in [0.25, 0.3) is 5.91 Å². The van der Waals surface area contributed by atoms with Crippen LogP contribution in [0.1, 0.15) is 18.1 Å². The van der Waals surface area contributed by atoms with Gasteiger partial charge in [-0.3, -0.25) is 14.4 Å². The molecule has 10 heteroatoms. The van der Waals surface area contributed by atoms with Gasteiger partial charge in [-0.1, -0.05) is 30.3 Å². The molecule has 36 heavy (non-hydrogen) atoms. The highest BCUT2D eigenvalue weighted by molar-refractivity contribution is 6.43. The quantitative estimate of drug-likeness (QED) is 0.406. The first-order valence-corrected chi connectivity index (χ1v) is 10.8. The first kappa shape index (κ1) is 24.5. The number of hydrogen-bond acceptors (Lipinski definition) is 5. The molecule has 184 valence electrons. The topological polar surface area (TPSA) is 95.7 Å². The summed E-state index contributed by atoms with van der Waals surface area (Å²) in [7, 11) is 1.03. The first-order valence-electron chi connectivity index (χ1n) is 10.8. The van der Waals surface area contributed by atoms with E-state index in [1.54, 1.807) is 48.5 Å². The van der Waals surface area contributed by atoms with E-state index >= 15 is 0 Å². The van der Waals surface area contributed by atoms with Gasteiger partial charge in [0.05, 0.1) is 17.0 Å². The van der Waals surface area contributed by atoms with E-state index in [4.69, 9.17) is 5.73 Å². The van der Waals surface area contributed by atoms with Crippen molar-refractivity contribution in [3.8, 4) is 0 Å². The lowest BCUT2D eigenvalue weighted by Gasteiger charge is -2.20. The molecule has 0 spiro atoms. The lowest BCUT2D eigenvalue weighted by molar-refractivity contribution is -0.170. The monoisotopic (exact) mass is 494 g/mol. The average Bonchev–Trinajstić information content (AvgIpc) is 3.12. The first-order chi connectivity index (χ1) is 17.0. The van der Waals surface area contributed by atoms with Crippen LogP contribution in [0.2, 0.25) is 0 Å². The fraction of sp³-hybridized carbons (Fsp3) is 0.115. The molecule has 0 radical (unpaired) electrons. The van der Waals surface area contributed by atoms with Crippen molar-refractivity contribution in [3.63, 3.8) is 0 Å². The van der Waals surface area contributed by atoms with Gasteiger partial charge in [0.15, 0.2) is 0 Å². The third-order valence-electron chi connectivity index (χ3n) is 5.65. The highest BCUT2D eigenvalue weighted by atomic mass is 19.4. The van der Waals surface area contributed by atoms with Crippen molar-refractivity contribution in [2.75, 3.05) is 27.9 Å². The molecular weight excluding hydrogens is 473 g/mol. The van der Waals surface area contributed by atoms with E-state index in [1.165, 1.54) is 31.2 Å². The molecule has 0 atom stereocenters. The Balaban J connectivity index is 1.80. The van der Waals surface area contributed by atoms with Gasteiger partial charge in [0.2, 0.25) is 5.91 Å². The molecule has 3 N–H and O–H groups in total. The van der Waals surface area contributed by atoms with Gasteiger partial charge in [-0.15, -0.1) is 0 Å². The molecule has 1 aliphatic rings. The summed E-state index contributed by atoms with van der Waals surface area (Å²) < 4.78 is 38.4. The second kappa shape index (κ2) is 9.21. The number of carbonyl (C=O) groups excluding carboxylic acids is 3. The predicted octanol–water partition coefficient (Wildman–Crippen LogP) is 4.67. The summed E-state index contributed by atoms with van der Waals surface area (Å²) in [5.74, 6) is -3.01. The number of nitrogens with zero attached hydrogens (tertiary/aromatic N) is 2. The number of nitrogens with two attached hydrogens (primary N) is 1. The van der Waals surface area contributed by atoms with Crippen LogP contribution in [0, 0.1) is 0 Å². The molecule has 3 aromatic carbocycles. The molecule has 4 rings (SSSR count). The summed E-state index contributed by atoms with van der Waals surface area (Å²) >= 11 is 0. The molecule has 0 saturated heterocycles. The molecule has 3 amide bonds. The van der Waals surface area contributed by atoms with Crippen molar-refractivity contribution >= 4 is 51.7 Å². The Morgan fingerprint density at radius 2 is 1.61 bits per heavy atom. The van der Waals surface area contributed by atoms with E-state index in [1.807, 2.05) is 0 Å². The SMILES string of the molecule is CC(=O)N1C(=O)/C(=C(\Nc2ccc(N(C)C(=O)C(F)(F)F)cc2)c2ccccc2)c2ccc(N)cc21. The fourth-order valence-electron chi connectivity index (χ4n) is 3.94. The Labute approximate surface area is 204 Å². The Morgan fingerprint density at radius 1 is 0.972 bits per heavy atom. The Morgan fingerprint density at radius 3 is 2.19 bits per heavy atom. The van der Waals surface area contributed by atoms with Crippen LogP contribution in [0.25, 0.3) is 11.3 Å². The van der Waals surface area contributed by atoms with Crippen LogP contribution in [0.4, 0.5) is 35.9 Å². The maximum absolute atomic E-state index is 13.4. The van der Waals surface area contributed by atoms with Gasteiger partial charge in [-0.25, -0.2) is 4.90 Å². The number of hydrogen-bond donors (Lipinski definition) is 2. The number of nitrogen functional groups attached to an aromatic ring is 1. The highest BCUT2D eigenvalue weighted by Gasteiger charge is 2.42. The predicted molar refractivity (Wildman–Crippen MR) is 132 cm³/mol. The van der Waals surface area contributed by atoms with Crippen LogP contribution in [0.15, 0.2) is 72.8 Å². The number of carbonyl (C=O) groups is 3. The number of imide groups is 1. The van der Waals surface area contributed by atoms with E-state index in [0.717, 1.165) is 11.9 Å². The van der Waals surface area contributed by atoms with Crippen LogP contribution >= 0.6 is 0 Å². The maximum atomic E-state index is 13.4. The normalized spacial score (nSPS) is 14.4. The van der Waals surface area contributed by atoms with Crippen molar-refractivity contribution in [1.82, 2.24) is 0 Å². The Hall–Kier alpha value is -4.60. The molecule has 7 nitrogen and oxygen atoms in total.